The molecule has 1 saturated heterocycles. The molecule has 0 atom stereocenters. The molecule has 0 spiro atoms. The van der Waals surface area contributed by atoms with E-state index in [2.05, 4.69) is 6.92 Å². The largest absolute Gasteiger partial charge is 0.341 e. The van der Waals surface area contributed by atoms with Crippen LogP contribution in [-0.4, -0.2) is 48.3 Å². The van der Waals surface area contributed by atoms with Crippen molar-refractivity contribution in [2.45, 2.75) is 58.3 Å². The van der Waals surface area contributed by atoms with Crippen molar-refractivity contribution in [2.24, 2.45) is 23.2 Å². The Balaban J connectivity index is 1.41. The minimum absolute atomic E-state index is 0.000734. The highest BCUT2D eigenvalue weighted by molar-refractivity contribution is 5.91. The third-order valence-electron chi connectivity index (χ3n) is 7.42. The van der Waals surface area contributed by atoms with Gasteiger partial charge in [0, 0.05) is 26.2 Å². The zero-order chi connectivity index (χ0) is 17.6. The highest BCUT2D eigenvalue weighted by Crippen LogP contribution is 2.62. The van der Waals surface area contributed by atoms with E-state index in [1.165, 1.54) is 44.1 Å². The van der Waals surface area contributed by atoms with Crippen LogP contribution in [0.15, 0.2) is 11.6 Å². The predicted molar refractivity (Wildman–Crippen MR) is 97.8 cm³/mol. The molecule has 2 amide bonds. The zero-order valence-corrected chi connectivity index (χ0v) is 15.8. The maximum Gasteiger partial charge on any atom is 0.246 e. The summed E-state index contributed by atoms with van der Waals surface area (Å²) in [4.78, 5) is 28.4. The minimum Gasteiger partial charge on any atom is -0.341 e. The highest BCUT2D eigenvalue weighted by atomic mass is 16.2. The van der Waals surface area contributed by atoms with Gasteiger partial charge >= 0.3 is 0 Å². The second-order valence-electron chi connectivity index (χ2n) is 9.31. The summed E-state index contributed by atoms with van der Waals surface area (Å²) < 4.78 is 0. The molecule has 0 aromatic rings. The number of hydrogen-bond donors (Lipinski definition) is 0. The summed E-state index contributed by atoms with van der Waals surface area (Å²) in [6.07, 6.45) is 12.1. The van der Waals surface area contributed by atoms with Crippen LogP contribution in [0.25, 0.3) is 0 Å². The number of likely N-dealkylation sites (tertiary alicyclic amines) is 1. The number of carbonyl (C=O) groups is 2. The van der Waals surface area contributed by atoms with Gasteiger partial charge in [0.15, 0.2) is 0 Å². The Morgan fingerprint density at radius 1 is 1.04 bits per heavy atom. The van der Waals surface area contributed by atoms with E-state index in [9.17, 15) is 9.59 Å². The van der Waals surface area contributed by atoms with E-state index >= 15 is 0 Å². The number of amides is 2. The molecule has 1 aliphatic heterocycles. The van der Waals surface area contributed by atoms with Gasteiger partial charge in [-0.1, -0.05) is 5.57 Å². The molecule has 5 fully saturated rings. The van der Waals surface area contributed by atoms with E-state index in [0.717, 1.165) is 43.7 Å². The molecule has 5 aliphatic rings. The summed E-state index contributed by atoms with van der Waals surface area (Å²) >= 11 is 0. The first-order valence-electron chi connectivity index (χ1n) is 10.2. The molecular formula is C21H32N2O2. The van der Waals surface area contributed by atoms with Crippen molar-refractivity contribution in [1.82, 2.24) is 9.80 Å². The molecule has 138 valence electrons. The molecule has 4 aliphatic carbocycles. The predicted octanol–water partition coefficient (Wildman–Crippen LogP) is 3.23. The van der Waals surface area contributed by atoms with E-state index in [1.54, 1.807) is 11.9 Å². The van der Waals surface area contributed by atoms with Crippen LogP contribution in [0, 0.1) is 23.2 Å². The van der Waals surface area contributed by atoms with Crippen molar-refractivity contribution >= 4 is 11.8 Å². The van der Waals surface area contributed by atoms with Crippen LogP contribution in [0.4, 0.5) is 0 Å². The van der Waals surface area contributed by atoms with Crippen molar-refractivity contribution < 1.29 is 9.59 Å². The molecule has 0 N–H and O–H groups in total. The summed E-state index contributed by atoms with van der Waals surface area (Å²) in [6, 6.07) is 0. The molecule has 25 heavy (non-hydrogen) atoms. The maximum atomic E-state index is 12.7. The van der Waals surface area contributed by atoms with Gasteiger partial charge in [0.05, 0.1) is 6.54 Å². The Kier molecular flexibility index (Phi) is 4.41. The third kappa shape index (κ3) is 3.24. The van der Waals surface area contributed by atoms with Gasteiger partial charge in [-0.2, -0.15) is 0 Å². The topological polar surface area (TPSA) is 40.6 Å². The van der Waals surface area contributed by atoms with Gasteiger partial charge in [-0.15, -0.1) is 0 Å². The van der Waals surface area contributed by atoms with Gasteiger partial charge in [0.2, 0.25) is 11.8 Å². The molecule has 4 saturated carbocycles. The fraction of sp³-hybridized carbons (Fsp3) is 0.810. The second kappa shape index (κ2) is 6.44. The first-order chi connectivity index (χ1) is 11.9. The maximum absolute atomic E-state index is 12.7. The standard InChI is InChI=1S/C21H32N2O2/c1-15(21-11-16-8-17(12-21)10-18(9-16)13-21)7-19(24)22(2)14-20(25)23-5-3-4-6-23/h7,16-18H,3-6,8-14H2,1-2H3/b15-7+. The molecule has 4 heteroatoms. The molecule has 0 aromatic carbocycles. The lowest BCUT2D eigenvalue weighted by Crippen LogP contribution is -2.47. The van der Waals surface area contributed by atoms with Crippen LogP contribution in [-0.2, 0) is 9.59 Å². The van der Waals surface area contributed by atoms with Gasteiger partial charge in [-0.25, -0.2) is 0 Å². The van der Waals surface area contributed by atoms with E-state index in [-0.39, 0.29) is 23.8 Å². The van der Waals surface area contributed by atoms with Crippen LogP contribution in [0.2, 0.25) is 0 Å². The lowest BCUT2D eigenvalue weighted by molar-refractivity contribution is -0.136. The first-order valence-corrected chi connectivity index (χ1v) is 10.2. The Bertz CT molecular complexity index is 553. The molecule has 0 radical (unpaired) electrons. The lowest BCUT2D eigenvalue weighted by Gasteiger charge is -2.57. The van der Waals surface area contributed by atoms with Gasteiger partial charge in [0.25, 0.3) is 0 Å². The average Bonchev–Trinajstić information content (AvgIpc) is 3.07. The first kappa shape index (κ1) is 17.1. The second-order valence-corrected chi connectivity index (χ2v) is 9.31. The van der Waals surface area contributed by atoms with E-state index in [0.29, 0.717) is 0 Å². The molecule has 5 rings (SSSR count). The van der Waals surface area contributed by atoms with Crippen LogP contribution in [0.1, 0.15) is 58.3 Å². The SMILES string of the molecule is C/C(=C\C(=O)N(C)CC(=O)N1CCCC1)C12CC3CC(CC(C3)C1)C2. The Morgan fingerprint density at radius 2 is 1.56 bits per heavy atom. The zero-order valence-electron chi connectivity index (χ0n) is 15.8. The monoisotopic (exact) mass is 344 g/mol. The summed E-state index contributed by atoms with van der Waals surface area (Å²) in [5, 5.41) is 0. The number of carbonyl (C=O) groups excluding carboxylic acids is 2. The van der Waals surface area contributed by atoms with Crippen LogP contribution in [0.3, 0.4) is 0 Å². The fourth-order valence-corrected chi connectivity index (χ4v) is 6.39. The molecule has 4 nitrogen and oxygen atoms in total. The number of nitrogens with zero attached hydrogens (tertiary/aromatic N) is 2. The van der Waals surface area contributed by atoms with Gasteiger partial charge in [-0.05, 0) is 81.5 Å². The van der Waals surface area contributed by atoms with E-state index in [1.807, 2.05) is 11.0 Å². The summed E-state index contributed by atoms with van der Waals surface area (Å²) in [5.41, 5.74) is 1.56. The Labute approximate surface area is 151 Å². The van der Waals surface area contributed by atoms with Gasteiger partial charge in [-0.3, -0.25) is 9.59 Å². The molecule has 1 heterocycles. The number of likely N-dealkylation sites (N-methyl/N-ethyl adjacent to an activating group) is 1. The molecule has 4 bridgehead atoms. The van der Waals surface area contributed by atoms with E-state index < -0.39 is 0 Å². The molecule has 0 unspecified atom stereocenters. The quantitative estimate of drug-likeness (QED) is 0.735. The van der Waals surface area contributed by atoms with E-state index in [4.69, 9.17) is 0 Å². The number of hydrogen-bond acceptors (Lipinski definition) is 2. The van der Waals surface area contributed by atoms with Crippen molar-refractivity contribution in [3.05, 3.63) is 11.6 Å². The van der Waals surface area contributed by atoms with Gasteiger partial charge in [0.1, 0.15) is 0 Å². The van der Waals surface area contributed by atoms with Crippen molar-refractivity contribution in [1.29, 1.82) is 0 Å². The summed E-state index contributed by atoms with van der Waals surface area (Å²) in [6.45, 7) is 4.08. The molecule has 0 aromatic heterocycles. The number of allylic oxidation sites excluding steroid dienone is 1. The minimum atomic E-state index is 0.000734. The lowest BCUT2D eigenvalue weighted by atomic mass is 9.48. The average molecular weight is 344 g/mol. The third-order valence-corrected chi connectivity index (χ3v) is 7.42. The van der Waals surface area contributed by atoms with Crippen molar-refractivity contribution in [2.75, 3.05) is 26.7 Å². The Morgan fingerprint density at radius 3 is 2.08 bits per heavy atom. The molecular weight excluding hydrogens is 312 g/mol. The Hall–Kier alpha value is -1.32. The fourth-order valence-electron chi connectivity index (χ4n) is 6.39. The normalized spacial score (nSPS) is 36.8. The van der Waals surface area contributed by atoms with Crippen LogP contribution >= 0.6 is 0 Å². The van der Waals surface area contributed by atoms with Crippen molar-refractivity contribution in [3.8, 4) is 0 Å². The summed E-state index contributed by atoms with van der Waals surface area (Å²) in [7, 11) is 1.76. The summed E-state index contributed by atoms with van der Waals surface area (Å²) in [5.74, 6) is 2.76. The van der Waals surface area contributed by atoms with Crippen LogP contribution < -0.4 is 0 Å². The number of rotatable bonds is 4. The van der Waals surface area contributed by atoms with Crippen LogP contribution in [0.5, 0.6) is 0 Å². The van der Waals surface area contributed by atoms with Gasteiger partial charge < -0.3 is 9.80 Å². The van der Waals surface area contributed by atoms with Crippen molar-refractivity contribution in [3.63, 3.8) is 0 Å². The highest BCUT2D eigenvalue weighted by Gasteiger charge is 2.51. The smallest absolute Gasteiger partial charge is 0.246 e.